The zero-order valence-corrected chi connectivity index (χ0v) is 17.5. The average Bonchev–Trinajstić information content (AvgIpc) is 2.73. The van der Waals surface area contributed by atoms with E-state index >= 15 is 0 Å². The molecule has 0 aliphatic heterocycles. The lowest BCUT2D eigenvalue weighted by Gasteiger charge is -2.30. The monoisotopic (exact) mass is 372 g/mol. The number of amides is 1. The number of aryl methyl sites for hydroxylation is 1. The summed E-state index contributed by atoms with van der Waals surface area (Å²) in [5, 5.41) is 4.33. The number of sulfonamides is 1. The summed E-state index contributed by atoms with van der Waals surface area (Å²) in [7, 11) is -3.61. The van der Waals surface area contributed by atoms with Crippen LogP contribution in [0, 0.1) is 13.8 Å². The molecule has 0 N–H and O–H groups in total. The van der Waals surface area contributed by atoms with E-state index in [1.165, 1.54) is 8.99 Å². The summed E-state index contributed by atoms with van der Waals surface area (Å²) in [6.45, 7) is 15.7. The van der Waals surface area contributed by atoms with Crippen molar-refractivity contribution in [2.45, 2.75) is 78.9 Å². The number of carbonyl (C=O) groups excluding carboxylic acids is 1. The van der Waals surface area contributed by atoms with Crippen LogP contribution >= 0.6 is 0 Å². The molecule has 0 saturated heterocycles. The molecule has 144 valence electrons. The molecule has 0 fully saturated rings. The number of rotatable bonds is 8. The lowest BCUT2D eigenvalue weighted by atomic mass is 10.2. The van der Waals surface area contributed by atoms with Gasteiger partial charge in [0, 0.05) is 25.2 Å². The molecule has 0 atom stereocenters. The molecule has 0 aliphatic rings. The Balaban J connectivity index is 3.25. The molecule has 1 rings (SSSR count). The summed E-state index contributed by atoms with van der Waals surface area (Å²) in [6, 6.07) is 0.145. The number of carbonyl (C=O) groups is 1. The maximum absolute atomic E-state index is 12.9. The van der Waals surface area contributed by atoms with Crippen molar-refractivity contribution in [3.8, 4) is 0 Å². The van der Waals surface area contributed by atoms with E-state index in [1.807, 2.05) is 41.5 Å². The van der Waals surface area contributed by atoms with Crippen LogP contribution in [0.2, 0.25) is 0 Å². The first kappa shape index (κ1) is 21.6. The minimum Gasteiger partial charge on any atom is -0.336 e. The third-order valence-corrected chi connectivity index (χ3v) is 6.61. The molecule has 0 aromatic carbocycles. The highest BCUT2D eigenvalue weighted by molar-refractivity contribution is 7.89. The van der Waals surface area contributed by atoms with Gasteiger partial charge in [0.05, 0.1) is 11.4 Å². The van der Waals surface area contributed by atoms with E-state index in [0.29, 0.717) is 24.5 Å². The number of aromatic nitrogens is 2. The first-order chi connectivity index (χ1) is 11.5. The van der Waals surface area contributed by atoms with Crippen LogP contribution in [0.3, 0.4) is 0 Å². The van der Waals surface area contributed by atoms with E-state index in [-0.39, 0.29) is 29.4 Å². The van der Waals surface area contributed by atoms with Crippen molar-refractivity contribution >= 4 is 15.9 Å². The second-order valence-corrected chi connectivity index (χ2v) is 8.61. The smallest absolute Gasteiger partial charge is 0.246 e. The van der Waals surface area contributed by atoms with Crippen LogP contribution in [0.1, 0.15) is 52.9 Å². The molecule has 25 heavy (non-hydrogen) atoms. The van der Waals surface area contributed by atoms with E-state index in [4.69, 9.17) is 0 Å². The molecule has 0 bridgehead atoms. The largest absolute Gasteiger partial charge is 0.336 e. The summed E-state index contributed by atoms with van der Waals surface area (Å²) in [6.07, 6.45) is 0. The number of hydrogen-bond acceptors (Lipinski definition) is 4. The lowest BCUT2D eigenvalue weighted by molar-refractivity contribution is -0.135. The Morgan fingerprint density at radius 1 is 1.08 bits per heavy atom. The van der Waals surface area contributed by atoms with Crippen molar-refractivity contribution in [2.75, 3.05) is 13.1 Å². The minimum absolute atomic E-state index is 0.0385. The van der Waals surface area contributed by atoms with Gasteiger partial charge in [0.15, 0.2) is 0 Å². The van der Waals surface area contributed by atoms with Crippen molar-refractivity contribution in [1.29, 1.82) is 0 Å². The molecule has 0 radical (unpaired) electrons. The van der Waals surface area contributed by atoms with Crippen LogP contribution in [0.4, 0.5) is 0 Å². The van der Waals surface area contributed by atoms with E-state index in [1.54, 1.807) is 18.7 Å². The predicted molar refractivity (Wildman–Crippen MR) is 98.9 cm³/mol. The molecule has 1 heterocycles. The summed E-state index contributed by atoms with van der Waals surface area (Å²) in [4.78, 5) is 14.7. The second kappa shape index (κ2) is 8.31. The van der Waals surface area contributed by atoms with Crippen molar-refractivity contribution in [2.24, 2.45) is 0 Å². The fourth-order valence-electron chi connectivity index (χ4n) is 3.28. The minimum atomic E-state index is -3.61. The van der Waals surface area contributed by atoms with E-state index < -0.39 is 10.0 Å². The van der Waals surface area contributed by atoms with Gasteiger partial charge in [-0.15, -0.1) is 0 Å². The number of hydrogen-bond donors (Lipinski definition) is 0. The number of nitrogens with zero attached hydrogens (tertiary/aromatic N) is 4. The van der Waals surface area contributed by atoms with Gasteiger partial charge >= 0.3 is 0 Å². The van der Waals surface area contributed by atoms with Crippen LogP contribution in [-0.2, 0) is 21.4 Å². The van der Waals surface area contributed by atoms with Crippen LogP contribution in [0.15, 0.2) is 4.90 Å². The van der Waals surface area contributed by atoms with Crippen LogP contribution in [0.5, 0.6) is 0 Å². The van der Waals surface area contributed by atoms with Crippen molar-refractivity contribution in [3.05, 3.63) is 11.4 Å². The molecule has 1 aromatic rings. The van der Waals surface area contributed by atoms with Gasteiger partial charge in [0.2, 0.25) is 15.9 Å². The molecule has 0 saturated carbocycles. The molecule has 1 amide bonds. The molecule has 0 aliphatic carbocycles. The fourth-order valence-corrected chi connectivity index (χ4v) is 5.11. The van der Waals surface area contributed by atoms with E-state index in [2.05, 4.69) is 5.10 Å². The molecule has 1 aromatic heterocycles. The first-order valence-electron chi connectivity index (χ1n) is 8.84. The van der Waals surface area contributed by atoms with Gasteiger partial charge in [-0.3, -0.25) is 9.48 Å². The van der Waals surface area contributed by atoms with Gasteiger partial charge in [-0.2, -0.15) is 9.40 Å². The first-order valence-corrected chi connectivity index (χ1v) is 10.3. The van der Waals surface area contributed by atoms with Gasteiger partial charge < -0.3 is 4.90 Å². The second-order valence-electron chi connectivity index (χ2n) is 6.74. The Labute approximate surface area is 152 Å². The van der Waals surface area contributed by atoms with Crippen molar-refractivity contribution < 1.29 is 13.2 Å². The molecule has 7 nitrogen and oxygen atoms in total. The molecular formula is C17H32N4O3S. The molecule has 0 spiro atoms. The Kier molecular flexibility index (Phi) is 7.19. The van der Waals surface area contributed by atoms with Gasteiger partial charge in [-0.1, -0.05) is 13.8 Å². The topological polar surface area (TPSA) is 75.5 Å². The van der Waals surface area contributed by atoms with Gasteiger partial charge in [-0.25, -0.2) is 8.42 Å². The SMILES string of the molecule is CCN(CC)S(=O)(=O)c1c(C)nn(CC(=O)N(C(C)C)C(C)C)c1C. The normalized spacial score (nSPS) is 12.4. The van der Waals surface area contributed by atoms with Gasteiger partial charge in [0.1, 0.15) is 11.4 Å². The summed E-state index contributed by atoms with van der Waals surface area (Å²) in [5.41, 5.74) is 0.933. The maximum atomic E-state index is 12.9. The third kappa shape index (κ3) is 4.41. The zero-order valence-electron chi connectivity index (χ0n) is 16.7. The van der Waals surface area contributed by atoms with E-state index in [9.17, 15) is 13.2 Å². The Hall–Kier alpha value is -1.41. The maximum Gasteiger partial charge on any atom is 0.246 e. The molecular weight excluding hydrogens is 340 g/mol. The van der Waals surface area contributed by atoms with Gasteiger partial charge in [0.25, 0.3) is 0 Å². The average molecular weight is 373 g/mol. The zero-order chi connectivity index (χ0) is 19.5. The predicted octanol–water partition coefficient (Wildman–Crippen LogP) is 2.18. The summed E-state index contributed by atoms with van der Waals surface area (Å²) < 4.78 is 28.6. The fraction of sp³-hybridized carbons (Fsp3) is 0.765. The van der Waals surface area contributed by atoms with Gasteiger partial charge in [-0.05, 0) is 41.5 Å². The highest BCUT2D eigenvalue weighted by Gasteiger charge is 2.30. The standard InChI is InChI=1S/C17H32N4O3S/c1-9-19(10-2)25(23,24)17-14(7)18-20(15(17)8)11-16(22)21(12(3)4)13(5)6/h12-13H,9-11H2,1-8H3. The van der Waals surface area contributed by atoms with Crippen LogP contribution < -0.4 is 0 Å². The van der Waals surface area contributed by atoms with Crippen molar-refractivity contribution in [3.63, 3.8) is 0 Å². The summed E-state index contributed by atoms with van der Waals surface area (Å²) in [5.74, 6) is -0.0672. The molecule has 0 unspecified atom stereocenters. The van der Waals surface area contributed by atoms with Crippen molar-refractivity contribution in [1.82, 2.24) is 19.0 Å². The summed E-state index contributed by atoms with van der Waals surface area (Å²) >= 11 is 0. The highest BCUT2D eigenvalue weighted by Crippen LogP contribution is 2.23. The Morgan fingerprint density at radius 3 is 1.96 bits per heavy atom. The Bertz CT molecular complexity index is 696. The third-order valence-electron chi connectivity index (χ3n) is 4.30. The highest BCUT2D eigenvalue weighted by atomic mass is 32.2. The van der Waals surface area contributed by atoms with Crippen LogP contribution in [0.25, 0.3) is 0 Å². The van der Waals surface area contributed by atoms with E-state index in [0.717, 1.165) is 0 Å². The molecule has 8 heteroatoms. The Morgan fingerprint density at radius 2 is 1.56 bits per heavy atom. The quantitative estimate of drug-likeness (QED) is 0.701. The lowest BCUT2D eigenvalue weighted by Crippen LogP contribution is -2.44. The van der Waals surface area contributed by atoms with Crippen LogP contribution in [-0.4, -0.2) is 58.5 Å².